The number of fused-ring (bicyclic) bond motifs is 1. The Labute approximate surface area is 87.8 Å². The van der Waals surface area contributed by atoms with Crippen LogP contribution in [0.4, 0.5) is 0 Å². The minimum atomic E-state index is 0.742. The van der Waals surface area contributed by atoms with Crippen molar-refractivity contribution in [1.82, 2.24) is 0 Å². The molecule has 5 unspecified atom stereocenters. The van der Waals surface area contributed by atoms with Crippen molar-refractivity contribution in [2.75, 3.05) is 0 Å². The van der Waals surface area contributed by atoms with Crippen LogP contribution in [0.3, 0.4) is 0 Å². The van der Waals surface area contributed by atoms with Crippen LogP contribution in [-0.2, 0) is 0 Å². The maximum atomic E-state index is 2.55. The molecule has 3 aliphatic carbocycles. The molecule has 0 aromatic carbocycles. The highest BCUT2D eigenvalue weighted by atomic mass is 14.7. The highest BCUT2D eigenvalue weighted by Crippen LogP contribution is 2.76. The molecule has 0 nitrogen and oxygen atoms in total. The van der Waals surface area contributed by atoms with Crippen molar-refractivity contribution in [1.29, 1.82) is 0 Å². The molecule has 0 amide bonds. The van der Waals surface area contributed by atoms with Crippen LogP contribution in [0.15, 0.2) is 12.2 Å². The normalized spacial score (nSPS) is 54.6. The molecule has 0 bridgehead atoms. The topological polar surface area (TPSA) is 0 Å². The fourth-order valence-electron chi connectivity index (χ4n) is 4.86. The molecule has 0 aromatic heterocycles. The predicted molar refractivity (Wildman–Crippen MR) is 59.9 cm³/mol. The average molecular weight is 190 g/mol. The third kappa shape index (κ3) is 0.816. The average Bonchev–Trinajstić information content (AvgIpc) is 2.65. The monoisotopic (exact) mass is 190 g/mol. The van der Waals surface area contributed by atoms with Crippen molar-refractivity contribution in [3.8, 4) is 0 Å². The molecule has 1 spiro atoms. The van der Waals surface area contributed by atoms with Gasteiger partial charge in [0, 0.05) is 0 Å². The Morgan fingerprint density at radius 1 is 1.21 bits per heavy atom. The zero-order valence-corrected chi connectivity index (χ0v) is 9.66. The van der Waals surface area contributed by atoms with Crippen LogP contribution in [0.5, 0.6) is 0 Å². The third-order valence-corrected chi connectivity index (χ3v) is 5.37. The van der Waals surface area contributed by atoms with Crippen LogP contribution < -0.4 is 0 Å². The van der Waals surface area contributed by atoms with E-state index in [0.717, 1.165) is 35.0 Å². The summed E-state index contributed by atoms with van der Waals surface area (Å²) in [6.07, 6.45) is 9.58. The minimum Gasteiger partial charge on any atom is -0.0843 e. The van der Waals surface area contributed by atoms with Crippen molar-refractivity contribution in [3.05, 3.63) is 12.2 Å². The third-order valence-electron chi connectivity index (χ3n) is 5.37. The summed E-state index contributed by atoms with van der Waals surface area (Å²) in [6.45, 7) is 7.32. The zero-order valence-electron chi connectivity index (χ0n) is 9.66. The fraction of sp³-hybridized carbons (Fsp3) is 0.857. The van der Waals surface area contributed by atoms with E-state index in [1.54, 1.807) is 0 Å². The minimum absolute atomic E-state index is 0.742. The van der Waals surface area contributed by atoms with Crippen LogP contribution in [0.2, 0.25) is 0 Å². The van der Waals surface area contributed by atoms with Gasteiger partial charge in [0.05, 0.1) is 0 Å². The fourth-order valence-corrected chi connectivity index (χ4v) is 4.86. The molecule has 0 saturated heterocycles. The summed E-state index contributed by atoms with van der Waals surface area (Å²) in [5.74, 6) is 4.78. The second-order valence-electron chi connectivity index (χ2n) is 6.12. The van der Waals surface area contributed by atoms with Gasteiger partial charge in [-0.05, 0) is 41.4 Å². The number of hydrogen-bond acceptors (Lipinski definition) is 0. The van der Waals surface area contributed by atoms with Gasteiger partial charge < -0.3 is 0 Å². The molecule has 0 heteroatoms. The van der Waals surface area contributed by atoms with E-state index in [1.165, 1.54) is 19.3 Å². The van der Waals surface area contributed by atoms with Crippen LogP contribution in [-0.4, -0.2) is 0 Å². The summed E-state index contributed by atoms with van der Waals surface area (Å²) < 4.78 is 0. The highest BCUT2D eigenvalue weighted by molar-refractivity contribution is 5.31. The van der Waals surface area contributed by atoms with E-state index in [4.69, 9.17) is 0 Å². The summed E-state index contributed by atoms with van der Waals surface area (Å²) in [6, 6.07) is 0. The molecule has 3 rings (SSSR count). The smallest absolute Gasteiger partial charge is 0.0107 e. The van der Waals surface area contributed by atoms with Gasteiger partial charge in [0.15, 0.2) is 0 Å². The number of rotatable bonds is 1. The molecule has 0 heterocycles. The lowest BCUT2D eigenvalue weighted by molar-refractivity contribution is 0.144. The first-order valence-corrected chi connectivity index (χ1v) is 6.37. The largest absolute Gasteiger partial charge is 0.0843 e. The van der Waals surface area contributed by atoms with Gasteiger partial charge in [-0.1, -0.05) is 45.8 Å². The molecule has 0 N–H and O–H groups in total. The lowest BCUT2D eigenvalue weighted by Crippen LogP contribution is -2.29. The molecular weight excluding hydrogens is 168 g/mol. The summed E-state index contributed by atoms with van der Waals surface area (Å²) in [5, 5.41) is 0. The molecule has 2 saturated carbocycles. The zero-order chi connectivity index (χ0) is 9.92. The first kappa shape index (κ1) is 9.00. The van der Waals surface area contributed by atoms with Gasteiger partial charge in [-0.2, -0.15) is 0 Å². The molecule has 2 fully saturated rings. The van der Waals surface area contributed by atoms with Crippen molar-refractivity contribution >= 4 is 0 Å². The second-order valence-corrected chi connectivity index (χ2v) is 6.12. The lowest BCUT2D eigenvalue weighted by Gasteiger charge is -2.36. The molecule has 0 aromatic rings. The van der Waals surface area contributed by atoms with Crippen molar-refractivity contribution < 1.29 is 0 Å². The van der Waals surface area contributed by atoms with Crippen LogP contribution in [0, 0.1) is 35.0 Å². The number of allylic oxidation sites excluding steroid dienone is 2. The molecular formula is C14H22. The summed E-state index contributed by atoms with van der Waals surface area (Å²) in [4.78, 5) is 0. The lowest BCUT2D eigenvalue weighted by atomic mass is 9.68. The van der Waals surface area contributed by atoms with Gasteiger partial charge >= 0.3 is 0 Å². The van der Waals surface area contributed by atoms with Crippen LogP contribution in [0.1, 0.15) is 40.0 Å². The van der Waals surface area contributed by atoms with Crippen LogP contribution in [0.25, 0.3) is 0 Å². The Bertz CT molecular complexity index is 276. The van der Waals surface area contributed by atoms with Gasteiger partial charge in [-0.15, -0.1) is 0 Å². The number of hydrogen-bond donors (Lipinski definition) is 0. The summed E-state index contributed by atoms with van der Waals surface area (Å²) in [7, 11) is 0. The quantitative estimate of drug-likeness (QED) is 0.550. The molecule has 0 radical (unpaired) electrons. The van der Waals surface area contributed by atoms with E-state index in [2.05, 4.69) is 32.9 Å². The Morgan fingerprint density at radius 3 is 2.71 bits per heavy atom. The van der Waals surface area contributed by atoms with E-state index in [0.29, 0.717) is 0 Å². The molecule has 14 heavy (non-hydrogen) atoms. The van der Waals surface area contributed by atoms with Crippen molar-refractivity contribution in [2.45, 2.75) is 40.0 Å². The van der Waals surface area contributed by atoms with Crippen molar-refractivity contribution in [2.24, 2.45) is 35.0 Å². The van der Waals surface area contributed by atoms with E-state index in [-0.39, 0.29) is 0 Å². The SMILES string of the molecule is CC(C)C1C=CC2C3CCCC(C)C123. The van der Waals surface area contributed by atoms with Gasteiger partial charge in [-0.25, -0.2) is 0 Å². The molecule has 78 valence electrons. The van der Waals surface area contributed by atoms with Crippen molar-refractivity contribution in [3.63, 3.8) is 0 Å². The first-order valence-electron chi connectivity index (χ1n) is 6.37. The highest BCUT2D eigenvalue weighted by Gasteiger charge is 2.71. The van der Waals surface area contributed by atoms with Gasteiger partial charge in [-0.3, -0.25) is 0 Å². The molecule has 3 aliphatic rings. The Morgan fingerprint density at radius 2 is 2.00 bits per heavy atom. The van der Waals surface area contributed by atoms with Gasteiger partial charge in [0.2, 0.25) is 0 Å². The maximum Gasteiger partial charge on any atom is -0.0107 e. The van der Waals surface area contributed by atoms with E-state index >= 15 is 0 Å². The van der Waals surface area contributed by atoms with E-state index < -0.39 is 0 Å². The van der Waals surface area contributed by atoms with Gasteiger partial charge in [0.1, 0.15) is 0 Å². The summed E-state index contributed by atoms with van der Waals surface area (Å²) >= 11 is 0. The van der Waals surface area contributed by atoms with E-state index in [1.807, 2.05) is 0 Å². The van der Waals surface area contributed by atoms with Crippen LogP contribution >= 0.6 is 0 Å². The Kier molecular flexibility index (Phi) is 1.70. The van der Waals surface area contributed by atoms with Gasteiger partial charge in [0.25, 0.3) is 0 Å². The summed E-state index contributed by atoms with van der Waals surface area (Å²) in [5.41, 5.74) is 0.742. The molecule has 5 atom stereocenters. The Balaban J connectivity index is 1.94. The predicted octanol–water partition coefficient (Wildman–Crippen LogP) is 3.88. The second kappa shape index (κ2) is 2.65. The first-order chi connectivity index (χ1) is 6.69. The maximum absolute atomic E-state index is 2.55. The Hall–Kier alpha value is -0.260. The standard InChI is InChI=1S/C14H22/c1-9(2)11-7-8-13-12-6-4-5-10(3)14(11,12)13/h7-13H,4-6H2,1-3H3. The molecule has 0 aliphatic heterocycles. The van der Waals surface area contributed by atoms with E-state index in [9.17, 15) is 0 Å².